The quantitative estimate of drug-likeness (QED) is 0.340. The molecule has 0 radical (unpaired) electrons. The molecule has 3 aromatic carbocycles. The van der Waals surface area contributed by atoms with Crippen molar-refractivity contribution in [3.8, 4) is 5.69 Å². The predicted molar refractivity (Wildman–Crippen MR) is 135 cm³/mol. The van der Waals surface area contributed by atoms with Gasteiger partial charge in [0.1, 0.15) is 18.2 Å². The van der Waals surface area contributed by atoms with E-state index in [1.165, 1.54) is 16.3 Å². The Kier molecular flexibility index (Phi) is 6.40. The molecule has 2 N–H and O–H groups in total. The number of hydrogen-bond donors (Lipinski definition) is 1. The van der Waals surface area contributed by atoms with E-state index in [4.69, 9.17) is 5.73 Å². The maximum atomic E-state index is 13.1. The lowest BCUT2D eigenvalue weighted by molar-refractivity contribution is -0.118. The molecule has 35 heavy (non-hydrogen) atoms. The number of aromatic nitrogens is 5. The Morgan fingerprint density at radius 1 is 0.857 bits per heavy atom. The number of amides is 1. The van der Waals surface area contributed by atoms with Gasteiger partial charge in [0.15, 0.2) is 5.16 Å². The minimum absolute atomic E-state index is 0.239. The summed E-state index contributed by atoms with van der Waals surface area (Å²) in [5, 5.41) is 10.0. The molecule has 5 aromatic rings. The van der Waals surface area contributed by atoms with E-state index in [0.29, 0.717) is 34.1 Å². The summed E-state index contributed by atoms with van der Waals surface area (Å²) in [6.07, 6.45) is 0.615. The smallest absolute Gasteiger partial charge is 0.261 e. The zero-order valence-electron chi connectivity index (χ0n) is 18.7. The van der Waals surface area contributed by atoms with Crippen LogP contribution in [-0.2, 0) is 23.5 Å². The monoisotopic (exact) mass is 482 g/mol. The SMILES string of the molecule is NC(=O)Cn1c(CSc2nnc(Cc3ccccc3)n2-c2ccccc2)nc2ccccc2c1=O. The number of primary amides is 1. The van der Waals surface area contributed by atoms with E-state index in [-0.39, 0.29) is 12.1 Å². The van der Waals surface area contributed by atoms with E-state index < -0.39 is 5.91 Å². The third kappa shape index (κ3) is 4.85. The average Bonchev–Trinajstić information content (AvgIpc) is 3.28. The molecular formula is C26H22N6O2S. The number of carbonyl (C=O) groups is 1. The Bertz CT molecular complexity index is 1550. The fourth-order valence-electron chi connectivity index (χ4n) is 3.90. The lowest BCUT2D eigenvalue weighted by atomic mass is 10.1. The number of nitrogens with two attached hydrogens (primary N) is 1. The number of benzene rings is 3. The van der Waals surface area contributed by atoms with Gasteiger partial charge in [-0.2, -0.15) is 0 Å². The molecule has 0 unspecified atom stereocenters. The first kappa shape index (κ1) is 22.5. The standard InChI is InChI=1S/C26H22N6O2S/c27-22(33)16-31-24(28-21-14-8-7-13-20(21)25(31)34)17-35-26-30-29-23(15-18-9-3-1-4-10-18)32(26)19-11-5-2-6-12-19/h1-14H,15-17H2,(H2,27,33). The first-order valence-corrected chi connectivity index (χ1v) is 12.0. The van der Waals surface area contributed by atoms with Gasteiger partial charge in [-0.25, -0.2) is 4.98 Å². The summed E-state index contributed by atoms with van der Waals surface area (Å²) in [7, 11) is 0. The van der Waals surface area contributed by atoms with E-state index >= 15 is 0 Å². The minimum Gasteiger partial charge on any atom is -0.368 e. The summed E-state index contributed by atoms with van der Waals surface area (Å²) in [4.78, 5) is 29.4. The summed E-state index contributed by atoms with van der Waals surface area (Å²) in [6, 6.07) is 27.0. The van der Waals surface area contributed by atoms with Gasteiger partial charge in [0, 0.05) is 12.1 Å². The van der Waals surface area contributed by atoms with E-state index in [9.17, 15) is 9.59 Å². The third-order valence-corrected chi connectivity index (χ3v) is 6.43. The second-order valence-electron chi connectivity index (χ2n) is 7.92. The van der Waals surface area contributed by atoms with Crippen molar-refractivity contribution in [1.29, 1.82) is 0 Å². The first-order valence-electron chi connectivity index (χ1n) is 11.0. The highest BCUT2D eigenvalue weighted by molar-refractivity contribution is 7.98. The topological polar surface area (TPSA) is 109 Å². The average molecular weight is 483 g/mol. The van der Waals surface area contributed by atoms with Gasteiger partial charge in [-0.05, 0) is 29.8 Å². The summed E-state index contributed by atoms with van der Waals surface area (Å²) in [5.41, 5.74) is 7.77. The van der Waals surface area contributed by atoms with Gasteiger partial charge in [0.25, 0.3) is 5.56 Å². The van der Waals surface area contributed by atoms with Gasteiger partial charge in [0.2, 0.25) is 5.91 Å². The number of rotatable bonds is 8. The predicted octanol–water partition coefficient (Wildman–Crippen LogP) is 3.35. The summed E-state index contributed by atoms with van der Waals surface area (Å²) in [5.74, 6) is 0.951. The van der Waals surface area contributed by atoms with Crippen LogP contribution in [0.4, 0.5) is 0 Å². The molecule has 2 heterocycles. The van der Waals surface area contributed by atoms with E-state index in [2.05, 4.69) is 27.3 Å². The van der Waals surface area contributed by atoms with Crippen molar-refractivity contribution in [3.05, 3.63) is 112 Å². The van der Waals surface area contributed by atoms with Crippen LogP contribution in [0.25, 0.3) is 16.6 Å². The summed E-state index contributed by atoms with van der Waals surface area (Å²) >= 11 is 1.40. The highest BCUT2D eigenvalue weighted by atomic mass is 32.2. The lowest BCUT2D eigenvalue weighted by Crippen LogP contribution is -2.31. The van der Waals surface area contributed by atoms with Crippen LogP contribution < -0.4 is 11.3 Å². The molecule has 0 fully saturated rings. The van der Waals surface area contributed by atoms with Gasteiger partial charge >= 0.3 is 0 Å². The fourth-order valence-corrected chi connectivity index (χ4v) is 4.81. The molecule has 0 atom stereocenters. The third-order valence-electron chi connectivity index (χ3n) is 5.50. The van der Waals surface area contributed by atoms with Crippen molar-refractivity contribution in [2.75, 3.05) is 0 Å². The van der Waals surface area contributed by atoms with Gasteiger partial charge in [-0.15, -0.1) is 10.2 Å². The molecule has 0 aliphatic carbocycles. The van der Waals surface area contributed by atoms with E-state index in [1.807, 2.05) is 59.2 Å². The zero-order chi connectivity index (χ0) is 24.2. The Hall–Kier alpha value is -4.24. The second-order valence-corrected chi connectivity index (χ2v) is 8.87. The highest BCUT2D eigenvalue weighted by Crippen LogP contribution is 2.26. The fraction of sp³-hybridized carbons (Fsp3) is 0.115. The molecule has 0 bridgehead atoms. The minimum atomic E-state index is -0.604. The van der Waals surface area contributed by atoms with Gasteiger partial charge in [-0.3, -0.25) is 18.7 Å². The van der Waals surface area contributed by atoms with Crippen LogP contribution >= 0.6 is 11.8 Å². The van der Waals surface area contributed by atoms with E-state index in [1.54, 1.807) is 18.2 Å². The van der Waals surface area contributed by atoms with Crippen LogP contribution in [0.5, 0.6) is 0 Å². The molecule has 0 saturated carbocycles. The molecular weight excluding hydrogens is 460 g/mol. The number of thioether (sulfide) groups is 1. The zero-order valence-corrected chi connectivity index (χ0v) is 19.6. The highest BCUT2D eigenvalue weighted by Gasteiger charge is 2.18. The molecule has 8 nitrogen and oxygen atoms in total. The van der Waals surface area contributed by atoms with Crippen LogP contribution in [0.3, 0.4) is 0 Å². The van der Waals surface area contributed by atoms with E-state index in [0.717, 1.165) is 17.1 Å². The number of fused-ring (bicyclic) bond motifs is 1. The van der Waals surface area contributed by atoms with Crippen LogP contribution in [0, 0.1) is 0 Å². The number of hydrogen-bond acceptors (Lipinski definition) is 6. The molecule has 0 saturated heterocycles. The Morgan fingerprint density at radius 3 is 2.29 bits per heavy atom. The first-order chi connectivity index (χ1) is 17.1. The largest absolute Gasteiger partial charge is 0.368 e. The molecule has 9 heteroatoms. The van der Waals surface area contributed by atoms with Crippen molar-refractivity contribution in [3.63, 3.8) is 0 Å². The van der Waals surface area contributed by atoms with Crippen molar-refractivity contribution in [2.45, 2.75) is 23.9 Å². The normalized spacial score (nSPS) is 11.1. The summed E-state index contributed by atoms with van der Waals surface area (Å²) in [6.45, 7) is -0.239. The Labute approximate surface area is 205 Å². The van der Waals surface area contributed by atoms with Crippen LogP contribution in [0.15, 0.2) is 94.9 Å². The van der Waals surface area contributed by atoms with Crippen molar-refractivity contribution >= 4 is 28.6 Å². The molecule has 2 aromatic heterocycles. The van der Waals surface area contributed by atoms with Gasteiger partial charge in [0.05, 0.1) is 16.7 Å². The van der Waals surface area contributed by atoms with Crippen LogP contribution in [-0.4, -0.2) is 30.2 Å². The lowest BCUT2D eigenvalue weighted by Gasteiger charge is -2.13. The number of carbonyl (C=O) groups excluding carboxylic acids is 1. The maximum Gasteiger partial charge on any atom is 0.261 e. The molecule has 174 valence electrons. The second kappa shape index (κ2) is 9.94. The van der Waals surface area contributed by atoms with Crippen molar-refractivity contribution in [1.82, 2.24) is 24.3 Å². The van der Waals surface area contributed by atoms with Gasteiger partial charge < -0.3 is 5.73 Å². The van der Waals surface area contributed by atoms with Crippen molar-refractivity contribution in [2.24, 2.45) is 5.73 Å². The van der Waals surface area contributed by atoms with Gasteiger partial charge in [-0.1, -0.05) is 72.4 Å². The molecule has 5 rings (SSSR count). The maximum absolute atomic E-state index is 13.1. The van der Waals surface area contributed by atoms with Crippen molar-refractivity contribution < 1.29 is 4.79 Å². The Morgan fingerprint density at radius 2 is 1.54 bits per heavy atom. The van der Waals surface area contributed by atoms with Crippen LogP contribution in [0.2, 0.25) is 0 Å². The molecule has 0 aliphatic heterocycles. The Balaban J connectivity index is 1.52. The molecule has 1 amide bonds. The molecule has 0 aliphatic rings. The number of para-hydroxylation sites is 2. The summed E-state index contributed by atoms with van der Waals surface area (Å²) < 4.78 is 3.35. The molecule has 0 spiro atoms. The van der Waals surface area contributed by atoms with Crippen LogP contribution in [0.1, 0.15) is 17.2 Å². The number of nitrogens with zero attached hydrogens (tertiary/aromatic N) is 5.